The Morgan fingerprint density at radius 1 is 0.902 bits per heavy atom. The van der Waals surface area contributed by atoms with Crippen molar-refractivity contribution in [1.29, 1.82) is 0 Å². The van der Waals surface area contributed by atoms with Crippen molar-refractivity contribution in [2.24, 2.45) is 5.41 Å². The number of fused-ring (bicyclic) bond motifs is 2. The molecular weight excluding hydrogens is 676 g/mol. The number of ether oxygens (including phenoxy) is 1. The number of carbonyl (C=O) groups is 2. The van der Waals surface area contributed by atoms with E-state index in [0.717, 1.165) is 71.1 Å². The molecule has 4 aromatic rings. The van der Waals surface area contributed by atoms with E-state index in [9.17, 15) is 35.9 Å². The van der Waals surface area contributed by atoms with Gasteiger partial charge >= 0.3 is 18.3 Å². The van der Waals surface area contributed by atoms with E-state index < -0.39 is 68.2 Å². The van der Waals surface area contributed by atoms with Gasteiger partial charge in [-0.05, 0) is 85.7 Å². The van der Waals surface area contributed by atoms with E-state index in [1.807, 2.05) is 30.3 Å². The highest BCUT2D eigenvalue weighted by atomic mass is 19.4. The molecule has 2 saturated heterocycles. The van der Waals surface area contributed by atoms with Crippen LogP contribution < -0.4 is 5.32 Å². The van der Waals surface area contributed by atoms with Gasteiger partial charge in [-0.15, -0.1) is 0 Å². The van der Waals surface area contributed by atoms with Crippen LogP contribution in [0.3, 0.4) is 0 Å². The number of nitrogens with one attached hydrogen (secondary N) is 1. The van der Waals surface area contributed by atoms with Gasteiger partial charge < -0.3 is 10.1 Å². The number of carbonyl (C=O) groups excluding carboxylic acids is 2. The van der Waals surface area contributed by atoms with Gasteiger partial charge in [0.15, 0.2) is 0 Å². The molecule has 6 rings (SSSR count). The first kappa shape index (κ1) is 36.5. The standard InChI is InChI=1S/C37H39F6N5O3/c1-51-33(49)31(46-34(50)35(37(41,42)43)12-17-48(18-13-35)23-36(38,39)40)20-24-7-5-9-28-27(24)8-6-10-29(28)32-30-21-44-14-11-25(30)19-26(45-32)22-47-15-3-2-4-16-47/h5-11,14,19,21,31H,2-4,12-13,15-18,20,22-23H2,1H3,(H,46,50)/t31-/m0/s1. The average molecular weight is 716 g/mol. The highest BCUT2D eigenvalue weighted by Gasteiger charge is 2.61. The van der Waals surface area contributed by atoms with E-state index in [0.29, 0.717) is 17.5 Å². The summed E-state index contributed by atoms with van der Waals surface area (Å²) in [5, 5.41) is 5.58. The Bertz CT molecular complexity index is 1880. The molecule has 1 N–H and O–H groups in total. The summed E-state index contributed by atoms with van der Waals surface area (Å²) in [5.41, 5.74) is 0.0335. The molecule has 1 atom stereocenters. The van der Waals surface area contributed by atoms with Gasteiger partial charge in [-0.2, -0.15) is 26.3 Å². The third kappa shape index (κ3) is 7.96. The fourth-order valence-corrected chi connectivity index (χ4v) is 7.37. The Balaban J connectivity index is 1.31. The molecule has 0 radical (unpaired) electrons. The van der Waals surface area contributed by atoms with E-state index in [-0.39, 0.29) is 6.42 Å². The normalized spacial score (nSPS) is 18.1. The van der Waals surface area contributed by atoms with Crippen molar-refractivity contribution in [3.8, 4) is 11.3 Å². The largest absolute Gasteiger partial charge is 0.467 e. The highest BCUT2D eigenvalue weighted by Crippen LogP contribution is 2.47. The van der Waals surface area contributed by atoms with Gasteiger partial charge in [0.1, 0.15) is 11.5 Å². The van der Waals surface area contributed by atoms with Gasteiger partial charge in [0.05, 0.1) is 25.0 Å². The van der Waals surface area contributed by atoms with Crippen molar-refractivity contribution in [1.82, 2.24) is 25.1 Å². The lowest BCUT2D eigenvalue weighted by atomic mass is 9.76. The van der Waals surface area contributed by atoms with Gasteiger partial charge in [-0.3, -0.25) is 24.6 Å². The second-order valence-electron chi connectivity index (χ2n) is 13.4. The quantitative estimate of drug-likeness (QED) is 0.150. The fourth-order valence-electron chi connectivity index (χ4n) is 7.37. The molecule has 0 spiro atoms. The molecule has 51 heavy (non-hydrogen) atoms. The van der Waals surface area contributed by atoms with Crippen molar-refractivity contribution in [3.05, 3.63) is 72.2 Å². The fraction of sp³-hybridized carbons (Fsp3) is 0.459. The maximum atomic E-state index is 14.5. The maximum Gasteiger partial charge on any atom is 0.403 e. The zero-order valence-corrected chi connectivity index (χ0v) is 28.1. The molecule has 272 valence electrons. The van der Waals surface area contributed by atoms with Crippen LogP contribution in [-0.2, 0) is 27.3 Å². The number of alkyl halides is 6. The molecule has 0 saturated carbocycles. The number of methoxy groups -OCH3 is 1. The Morgan fingerprint density at radius 2 is 1.61 bits per heavy atom. The molecule has 1 amide bonds. The number of nitrogens with zero attached hydrogens (tertiary/aromatic N) is 4. The topological polar surface area (TPSA) is 87.7 Å². The number of likely N-dealkylation sites (tertiary alicyclic amines) is 2. The summed E-state index contributed by atoms with van der Waals surface area (Å²) in [4.78, 5) is 39.2. The summed E-state index contributed by atoms with van der Waals surface area (Å²) in [6.07, 6.45) is -4.63. The second-order valence-corrected chi connectivity index (χ2v) is 13.4. The van der Waals surface area contributed by atoms with E-state index in [2.05, 4.69) is 21.3 Å². The van der Waals surface area contributed by atoms with E-state index in [1.165, 1.54) is 6.42 Å². The summed E-state index contributed by atoms with van der Waals surface area (Å²) in [5.74, 6) is -2.42. The van der Waals surface area contributed by atoms with Crippen LogP contribution in [0.15, 0.2) is 60.9 Å². The van der Waals surface area contributed by atoms with Gasteiger partial charge in [-0.25, -0.2) is 4.79 Å². The first-order valence-corrected chi connectivity index (χ1v) is 17.0. The van der Waals surface area contributed by atoms with Crippen LogP contribution in [0, 0.1) is 5.41 Å². The lowest BCUT2D eigenvalue weighted by molar-refractivity contribution is -0.236. The zero-order chi connectivity index (χ0) is 36.4. The van der Waals surface area contributed by atoms with Crippen LogP contribution in [0.25, 0.3) is 32.8 Å². The number of esters is 1. The summed E-state index contributed by atoms with van der Waals surface area (Å²) in [6.45, 7) is 0.156. The minimum Gasteiger partial charge on any atom is -0.467 e. The molecule has 0 unspecified atom stereocenters. The molecule has 8 nitrogen and oxygen atoms in total. The van der Waals surface area contributed by atoms with Crippen molar-refractivity contribution in [2.45, 2.75) is 63.5 Å². The van der Waals surface area contributed by atoms with Gasteiger partial charge in [0.25, 0.3) is 0 Å². The molecule has 2 aliphatic rings. The molecule has 0 bridgehead atoms. The molecular formula is C37H39F6N5O3. The minimum absolute atomic E-state index is 0.196. The number of amides is 1. The van der Waals surface area contributed by atoms with Crippen LogP contribution in [0.1, 0.15) is 43.4 Å². The van der Waals surface area contributed by atoms with E-state index in [4.69, 9.17) is 9.72 Å². The third-order valence-corrected chi connectivity index (χ3v) is 10.1. The molecule has 2 aromatic heterocycles. The van der Waals surface area contributed by atoms with Crippen molar-refractivity contribution < 1.29 is 40.7 Å². The highest BCUT2D eigenvalue weighted by molar-refractivity contribution is 6.04. The maximum absolute atomic E-state index is 14.5. The van der Waals surface area contributed by atoms with Crippen molar-refractivity contribution in [3.63, 3.8) is 0 Å². The summed E-state index contributed by atoms with van der Waals surface area (Å²) >= 11 is 0. The molecule has 2 fully saturated rings. The Morgan fingerprint density at radius 3 is 2.29 bits per heavy atom. The Kier molecular flexibility index (Phi) is 10.5. The van der Waals surface area contributed by atoms with E-state index in [1.54, 1.807) is 24.5 Å². The number of aromatic nitrogens is 2. The van der Waals surface area contributed by atoms with Crippen LogP contribution in [0.5, 0.6) is 0 Å². The number of rotatable bonds is 9. The monoisotopic (exact) mass is 715 g/mol. The van der Waals surface area contributed by atoms with Crippen LogP contribution in [-0.4, -0.2) is 89.9 Å². The minimum atomic E-state index is -5.07. The first-order chi connectivity index (χ1) is 24.3. The molecule has 0 aliphatic carbocycles. The predicted octanol–water partition coefficient (Wildman–Crippen LogP) is 6.84. The third-order valence-electron chi connectivity index (χ3n) is 10.1. The predicted molar refractivity (Wildman–Crippen MR) is 179 cm³/mol. The lowest BCUT2D eigenvalue weighted by Crippen LogP contribution is -2.59. The number of pyridine rings is 2. The summed E-state index contributed by atoms with van der Waals surface area (Å²) < 4.78 is 87.3. The molecule has 2 aliphatic heterocycles. The molecule has 2 aromatic carbocycles. The van der Waals surface area contributed by atoms with Crippen LogP contribution in [0.2, 0.25) is 0 Å². The Hall–Kier alpha value is -4.30. The number of hydrogen-bond acceptors (Lipinski definition) is 7. The van der Waals surface area contributed by atoms with E-state index >= 15 is 0 Å². The Labute approximate surface area is 291 Å². The van der Waals surface area contributed by atoms with Crippen molar-refractivity contribution >= 4 is 33.4 Å². The average Bonchev–Trinajstić information content (AvgIpc) is 3.10. The molecule has 14 heteroatoms. The lowest BCUT2D eigenvalue weighted by Gasteiger charge is -2.42. The van der Waals surface area contributed by atoms with Crippen molar-refractivity contribution in [2.75, 3.05) is 39.8 Å². The number of benzene rings is 2. The number of halogens is 6. The zero-order valence-electron chi connectivity index (χ0n) is 28.1. The second kappa shape index (κ2) is 14.7. The summed E-state index contributed by atoms with van der Waals surface area (Å²) in [7, 11) is 1.07. The molecule has 4 heterocycles. The smallest absolute Gasteiger partial charge is 0.403 e. The van der Waals surface area contributed by atoms with Gasteiger partial charge in [0, 0.05) is 36.3 Å². The summed E-state index contributed by atoms with van der Waals surface area (Å²) in [6, 6.07) is 13.5. The first-order valence-electron chi connectivity index (χ1n) is 17.0. The van der Waals surface area contributed by atoms with Crippen LogP contribution >= 0.6 is 0 Å². The van der Waals surface area contributed by atoms with Crippen LogP contribution in [0.4, 0.5) is 26.3 Å². The van der Waals surface area contributed by atoms with Gasteiger partial charge in [-0.1, -0.05) is 42.8 Å². The number of hydrogen-bond donors (Lipinski definition) is 1. The van der Waals surface area contributed by atoms with Gasteiger partial charge in [0.2, 0.25) is 5.91 Å². The SMILES string of the molecule is COC(=O)[C@H](Cc1cccc2c(-c3nc(CN4CCCCC4)cc4ccncc34)cccc12)NC(=O)C1(C(F)(F)F)CCN(CC(F)(F)F)CC1. The number of piperidine rings is 2.